The molecular weight excluding hydrogens is 831 g/mol. The van der Waals surface area contributed by atoms with Crippen LogP contribution in [-0.2, 0) is 23.7 Å². The monoisotopic (exact) mass is 897 g/mol. The summed E-state index contributed by atoms with van der Waals surface area (Å²) < 4.78 is 26.6. The Morgan fingerprint density at radius 3 is 1.62 bits per heavy atom. The van der Waals surface area contributed by atoms with Gasteiger partial charge in [0.05, 0.1) is 28.4 Å². The van der Waals surface area contributed by atoms with Crippen LogP contribution in [0.3, 0.4) is 0 Å². The van der Waals surface area contributed by atoms with E-state index in [9.17, 15) is 25.0 Å². The molecule has 66 heavy (non-hydrogen) atoms. The maximum atomic E-state index is 13.5. The van der Waals surface area contributed by atoms with Crippen LogP contribution in [0, 0.1) is 53.3 Å². The number of azide groups is 1. The van der Waals surface area contributed by atoms with Gasteiger partial charge in [-0.05, 0) is 145 Å². The average Bonchev–Trinajstić information content (AvgIpc) is 4.04. The highest BCUT2D eigenvalue weighted by Crippen LogP contribution is 2.66. The van der Waals surface area contributed by atoms with Crippen LogP contribution in [0.15, 0.2) is 90.0 Å². The lowest BCUT2D eigenvalue weighted by Crippen LogP contribution is -2.62. The highest BCUT2D eigenvalue weighted by Gasteiger charge is 2.72. The first-order valence-electron chi connectivity index (χ1n) is 24.5. The number of Topliss-reactive ketones (excluding diaryl/α,β-unsaturated/α-hetero) is 1. The molecule has 0 amide bonds. The van der Waals surface area contributed by atoms with Crippen LogP contribution < -0.4 is 0 Å². The fourth-order valence-corrected chi connectivity index (χ4v) is 14.2. The van der Waals surface area contributed by atoms with Gasteiger partial charge in [0.25, 0.3) is 0 Å². The van der Waals surface area contributed by atoms with E-state index in [4.69, 9.17) is 18.9 Å². The van der Waals surface area contributed by atoms with Crippen LogP contribution in [-0.4, -0.2) is 70.1 Å². The highest BCUT2D eigenvalue weighted by molar-refractivity contribution is 5.96. The van der Waals surface area contributed by atoms with Gasteiger partial charge in [0, 0.05) is 23.2 Å². The van der Waals surface area contributed by atoms with E-state index in [1.54, 1.807) is 0 Å². The topological polar surface area (TPSA) is 157 Å². The Bertz CT molecular complexity index is 2570. The molecular formula is C55H67N3O8. The van der Waals surface area contributed by atoms with E-state index in [-0.39, 0.29) is 77.4 Å². The second kappa shape index (κ2) is 17.4. The first-order chi connectivity index (χ1) is 31.5. The van der Waals surface area contributed by atoms with Crippen LogP contribution in [0.25, 0.3) is 32.0 Å². The normalized spacial score (nSPS) is 37.2. The van der Waals surface area contributed by atoms with Crippen LogP contribution in [0.4, 0.5) is 0 Å². The molecule has 11 heteroatoms. The summed E-state index contributed by atoms with van der Waals surface area (Å²) in [5, 5.41) is 17.8. The predicted molar refractivity (Wildman–Crippen MR) is 254 cm³/mol. The minimum Gasteiger partial charge on any atom is -0.455 e. The summed E-state index contributed by atoms with van der Waals surface area (Å²) in [5.74, 6) is 1.12. The maximum Gasteiger partial charge on any atom is 0.338 e. The number of carbonyl (C=O) groups excluding carboxylic acids is 3. The number of carbonyl (C=O) groups is 3. The van der Waals surface area contributed by atoms with Gasteiger partial charge >= 0.3 is 11.9 Å². The molecule has 14 atom stereocenters. The molecule has 4 bridgehead atoms. The minimum atomic E-state index is -0.653. The summed E-state index contributed by atoms with van der Waals surface area (Å²) in [5.41, 5.74) is 8.10. The standard InChI is InChI=1S/C29H36O5.C26H31N3O3/c1-17(2)29-15-22(14-23(31)16-30)28(4,34-29)24-12-9-18(3)25(24)26(29)33-27(32)21-11-10-19-7-5-6-8-20(19)13-21;1-15(2)26-14-21(28-29-27)25(4,32-26)20-12-9-16(3)22(20)23(26)31-24(30)19-11-10-17-7-5-6-8-18(17)13-19/h5-8,10-11,13,17-18,22,24-26,30H,9,12,14-16H2,1-4H3;5-8,10-11,13,15-16,20-23H,9,12,14H2,1-4H3. The van der Waals surface area contributed by atoms with E-state index in [2.05, 4.69) is 65.4 Å². The Kier molecular flexibility index (Phi) is 12.2. The zero-order valence-electron chi connectivity index (χ0n) is 39.8. The summed E-state index contributed by atoms with van der Waals surface area (Å²) >= 11 is 0. The van der Waals surface area contributed by atoms with E-state index in [1.165, 1.54) is 0 Å². The van der Waals surface area contributed by atoms with Gasteiger partial charge in [0.2, 0.25) is 0 Å². The van der Waals surface area contributed by atoms with Crippen molar-refractivity contribution in [2.24, 2.45) is 58.4 Å². The zero-order chi connectivity index (χ0) is 46.9. The van der Waals surface area contributed by atoms with Gasteiger partial charge in [0.15, 0.2) is 5.78 Å². The SMILES string of the molecule is CC1CCC2C1C(OC(=O)c1ccc3ccccc3c1)C1(C(C)C)CC(CC(=O)CO)C2(C)O1.CC1CCC2C1C(OC(=O)c1ccc3ccccc3c1)C1(C(C)C)CC(N=[N+]=[N-])C2(C)O1. The second-order valence-corrected chi connectivity index (χ2v) is 21.8. The van der Waals surface area contributed by atoms with E-state index in [0.717, 1.165) is 47.2 Å². The molecule has 4 aliphatic heterocycles. The molecule has 4 heterocycles. The lowest BCUT2D eigenvalue weighted by molar-refractivity contribution is -0.254. The molecule has 10 rings (SSSR count). The molecule has 1 N–H and O–H groups in total. The van der Waals surface area contributed by atoms with Crippen LogP contribution in [0.2, 0.25) is 0 Å². The van der Waals surface area contributed by atoms with Crippen molar-refractivity contribution in [2.45, 2.75) is 141 Å². The molecule has 4 aromatic rings. The van der Waals surface area contributed by atoms with Crippen LogP contribution in [0.1, 0.15) is 121 Å². The van der Waals surface area contributed by atoms with Crippen LogP contribution >= 0.6 is 0 Å². The third-order valence-corrected chi connectivity index (χ3v) is 17.8. The van der Waals surface area contributed by atoms with Gasteiger partial charge in [-0.15, -0.1) is 0 Å². The molecule has 4 saturated heterocycles. The molecule has 0 aromatic heterocycles. The molecule has 6 aliphatic rings. The molecule has 11 nitrogen and oxygen atoms in total. The van der Waals surface area contributed by atoms with Gasteiger partial charge in [0.1, 0.15) is 30.0 Å². The van der Waals surface area contributed by atoms with Gasteiger partial charge in [-0.25, -0.2) is 9.59 Å². The smallest absolute Gasteiger partial charge is 0.338 e. The summed E-state index contributed by atoms with van der Waals surface area (Å²) in [6.45, 7) is 16.8. The third kappa shape index (κ3) is 7.44. The molecule has 2 saturated carbocycles. The lowest BCUT2D eigenvalue weighted by Gasteiger charge is -2.53. The number of rotatable bonds is 10. The largest absolute Gasteiger partial charge is 0.455 e. The van der Waals surface area contributed by atoms with E-state index >= 15 is 0 Å². The number of benzene rings is 4. The summed E-state index contributed by atoms with van der Waals surface area (Å²) in [7, 11) is 0. The van der Waals surface area contributed by atoms with Crippen molar-refractivity contribution in [1.82, 2.24) is 0 Å². The Balaban J connectivity index is 0.000000166. The number of fused-ring (bicyclic) bond motifs is 10. The molecule has 350 valence electrons. The van der Waals surface area contributed by atoms with E-state index in [0.29, 0.717) is 42.2 Å². The quantitative estimate of drug-likeness (QED) is 0.0713. The number of nitrogens with zero attached hydrogens (tertiary/aromatic N) is 3. The number of ketones is 1. The van der Waals surface area contributed by atoms with Gasteiger partial charge in [-0.1, -0.05) is 107 Å². The molecule has 6 fully saturated rings. The zero-order valence-corrected chi connectivity index (χ0v) is 39.8. The van der Waals surface area contributed by atoms with Crippen molar-refractivity contribution in [3.8, 4) is 0 Å². The van der Waals surface area contributed by atoms with E-state index in [1.807, 2.05) is 84.9 Å². The lowest BCUT2D eigenvalue weighted by atomic mass is 9.69. The number of ether oxygens (including phenoxy) is 4. The second-order valence-electron chi connectivity index (χ2n) is 21.8. The Morgan fingerprint density at radius 2 is 1.15 bits per heavy atom. The van der Waals surface area contributed by atoms with Gasteiger partial charge in [-0.3, -0.25) is 4.79 Å². The fraction of sp³-hybridized carbons (Fsp3) is 0.582. The highest BCUT2D eigenvalue weighted by atomic mass is 16.6. The van der Waals surface area contributed by atoms with Crippen molar-refractivity contribution >= 4 is 39.3 Å². The summed E-state index contributed by atoms with van der Waals surface area (Å²) in [6.07, 6.45) is 4.96. The molecule has 0 radical (unpaired) electrons. The van der Waals surface area contributed by atoms with E-state index < -0.39 is 29.0 Å². The average molecular weight is 898 g/mol. The Morgan fingerprint density at radius 1 is 0.697 bits per heavy atom. The number of aliphatic hydroxyl groups is 1. The fourth-order valence-electron chi connectivity index (χ4n) is 14.2. The van der Waals surface area contributed by atoms with Gasteiger partial charge < -0.3 is 24.1 Å². The van der Waals surface area contributed by atoms with Crippen molar-refractivity contribution in [3.63, 3.8) is 0 Å². The molecule has 2 aliphatic carbocycles. The molecule has 14 unspecified atom stereocenters. The number of hydrogen-bond acceptors (Lipinski definition) is 9. The minimum absolute atomic E-state index is 0.0109. The van der Waals surface area contributed by atoms with Crippen LogP contribution in [0.5, 0.6) is 0 Å². The first-order valence-corrected chi connectivity index (χ1v) is 24.5. The summed E-state index contributed by atoms with van der Waals surface area (Å²) in [4.78, 5) is 42.4. The third-order valence-electron chi connectivity index (χ3n) is 17.8. The van der Waals surface area contributed by atoms with Crippen molar-refractivity contribution in [1.29, 1.82) is 0 Å². The number of hydrogen-bond donors (Lipinski definition) is 1. The molecule has 4 aromatic carbocycles. The van der Waals surface area contributed by atoms with Crippen molar-refractivity contribution in [2.75, 3.05) is 6.61 Å². The summed E-state index contributed by atoms with van der Waals surface area (Å²) in [6, 6.07) is 27.2. The van der Waals surface area contributed by atoms with Crippen molar-refractivity contribution in [3.05, 3.63) is 106 Å². The van der Waals surface area contributed by atoms with Crippen molar-refractivity contribution < 1.29 is 38.4 Å². The number of esters is 2. The predicted octanol–water partition coefficient (Wildman–Crippen LogP) is 11.5. The molecule has 0 spiro atoms. The maximum absolute atomic E-state index is 13.5. The Hall–Kier alpha value is -4.80. The Labute approximate surface area is 388 Å². The number of aliphatic hydroxyl groups excluding tert-OH is 1. The van der Waals surface area contributed by atoms with Gasteiger partial charge in [-0.2, -0.15) is 0 Å². The first kappa shape index (κ1) is 46.3.